The Labute approximate surface area is 187 Å². The van der Waals surface area contributed by atoms with Crippen LogP contribution < -0.4 is 5.32 Å². The standard InChI is InChI=1S/C19H29N5S2.HI/c1-4-14-12-22-17(25-14)10-11-21-19(20-5-2)24(3)13-18-23-15-8-6-7-9-16(15)26-18;/h12H,4-11,13H2,1-3H3,(H,20,21);1H. The maximum atomic E-state index is 4.86. The minimum atomic E-state index is 0. The van der Waals surface area contributed by atoms with E-state index >= 15 is 0 Å². The van der Waals surface area contributed by atoms with E-state index in [9.17, 15) is 0 Å². The van der Waals surface area contributed by atoms with E-state index in [4.69, 9.17) is 9.98 Å². The fraction of sp³-hybridized carbons (Fsp3) is 0.632. The molecule has 5 nitrogen and oxygen atoms in total. The van der Waals surface area contributed by atoms with Crippen molar-refractivity contribution in [3.05, 3.63) is 31.7 Å². The Morgan fingerprint density at radius 3 is 2.74 bits per heavy atom. The van der Waals surface area contributed by atoms with Gasteiger partial charge in [-0.2, -0.15) is 0 Å². The van der Waals surface area contributed by atoms with Crippen LogP contribution in [-0.2, 0) is 32.2 Å². The van der Waals surface area contributed by atoms with Crippen LogP contribution in [0.4, 0.5) is 0 Å². The van der Waals surface area contributed by atoms with Gasteiger partial charge in [0.25, 0.3) is 0 Å². The molecule has 1 aliphatic rings. The van der Waals surface area contributed by atoms with Gasteiger partial charge in [-0.05, 0) is 39.0 Å². The van der Waals surface area contributed by atoms with Crippen LogP contribution in [0.2, 0.25) is 0 Å². The van der Waals surface area contributed by atoms with E-state index in [-0.39, 0.29) is 24.0 Å². The van der Waals surface area contributed by atoms with Gasteiger partial charge in [0.05, 0.1) is 17.2 Å². The van der Waals surface area contributed by atoms with Gasteiger partial charge >= 0.3 is 0 Å². The summed E-state index contributed by atoms with van der Waals surface area (Å²) >= 11 is 3.68. The molecule has 0 fully saturated rings. The van der Waals surface area contributed by atoms with E-state index in [1.165, 1.54) is 44.7 Å². The first-order valence-electron chi connectivity index (χ1n) is 9.60. The number of nitrogens with one attached hydrogen (secondary N) is 1. The molecule has 0 radical (unpaired) electrons. The molecule has 150 valence electrons. The molecule has 2 aromatic heterocycles. The number of fused-ring (bicyclic) bond motifs is 1. The van der Waals surface area contributed by atoms with E-state index in [2.05, 4.69) is 36.1 Å². The highest BCUT2D eigenvalue weighted by Gasteiger charge is 2.16. The van der Waals surface area contributed by atoms with Crippen molar-refractivity contribution in [3.63, 3.8) is 0 Å². The molecule has 1 aliphatic carbocycles. The van der Waals surface area contributed by atoms with Crippen molar-refractivity contribution in [2.45, 2.75) is 58.9 Å². The Balaban J connectivity index is 0.00000261. The summed E-state index contributed by atoms with van der Waals surface area (Å²) < 4.78 is 0. The number of aryl methyl sites for hydroxylation is 3. The number of hydrogen-bond donors (Lipinski definition) is 1. The predicted molar refractivity (Wildman–Crippen MR) is 127 cm³/mol. The fourth-order valence-electron chi connectivity index (χ4n) is 3.11. The molecule has 3 rings (SSSR count). The second kappa shape index (κ2) is 11.3. The minimum absolute atomic E-state index is 0. The first-order valence-corrected chi connectivity index (χ1v) is 11.2. The van der Waals surface area contributed by atoms with Crippen molar-refractivity contribution in [2.24, 2.45) is 4.99 Å². The van der Waals surface area contributed by atoms with Crippen LogP contribution in [-0.4, -0.2) is 41.0 Å². The second-order valence-corrected chi connectivity index (χ2v) is 8.97. The lowest BCUT2D eigenvalue weighted by Crippen LogP contribution is -2.38. The van der Waals surface area contributed by atoms with E-state index < -0.39 is 0 Å². The van der Waals surface area contributed by atoms with Crippen molar-refractivity contribution in [3.8, 4) is 0 Å². The Morgan fingerprint density at radius 2 is 2.04 bits per heavy atom. The second-order valence-electron chi connectivity index (χ2n) is 6.60. The average Bonchev–Trinajstić information content (AvgIpc) is 3.26. The molecule has 0 spiro atoms. The fourth-order valence-corrected chi connectivity index (χ4v) is 5.17. The SMILES string of the molecule is CCNC(=NCCc1ncc(CC)s1)N(C)Cc1nc2c(s1)CCCC2.I. The molecule has 0 saturated heterocycles. The molecule has 0 aliphatic heterocycles. The van der Waals surface area contributed by atoms with Crippen LogP contribution in [0, 0.1) is 0 Å². The lowest BCUT2D eigenvalue weighted by Gasteiger charge is -2.20. The summed E-state index contributed by atoms with van der Waals surface area (Å²) in [6.07, 6.45) is 8.90. The first-order chi connectivity index (χ1) is 12.7. The summed E-state index contributed by atoms with van der Waals surface area (Å²) in [6, 6.07) is 0. The molecular weight excluding hydrogens is 489 g/mol. The number of rotatable bonds is 7. The zero-order valence-corrected chi connectivity index (χ0v) is 20.4. The van der Waals surface area contributed by atoms with Crippen molar-refractivity contribution in [1.29, 1.82) is 0 Å². The van der Waals surface area contributed by atoms with E-state index in [0.29, 0.717) is 0 Å². The zero-order valence-electron chi connectivity index (χ0n) is 16.5. The highest BCUT2D eigenvalue weighted by molar-refractivity contribution is 14.0. The molecule has 2 heterocycles. The minimum Gasteiger partial charge on any atom is -0.357 e. The number of halogens is 1. The normalized spacial score (nSPS) is 13.8. The summed E-state index contributed by atoms with van der Waals surface area (Å²) in [5.74, 6) is 0.952. The maximum Gasteiger partial charge on any atom is 0.194 e. The Hall–Kier alpha value is -0.740. The molecule has 2 aromatic rings. The lowest BCUT2D eigenvalue weighted by molar-refractivity contribution is 0.475. The van der Waals surface area contributed by atoms with Crippen LogP contribution in [0.1, 0.15) is 52.2 Å². The number of hydrogen-bond acceptors (Lipinski definition) is 5. The van der Waals surface area contributed by atoms with Gasteiger partial charge in [0.15, 0.2) is 5.96 Å². The van der Waals surface area contributed by atoms with Crippen molar-refractivity contribution >= 4 is 52.6 Å². The molecule has 0 aromatic carbocycles. The molecule has 8 heteroatoms. The molecule has 1 N–H and O–H groups in total. The highest BCUT2D eigenvalue weighted by atomic mass is 127. The van der Waals surface area contributed by atoms with E-state index in [0.717, 1.165) is 44.9 Å². The summed E-state index contributed by atoms with van der Waals surface area (Å²) in [4.78, 5) is 19.2. The zero-order chi connectivity index (χ0) is 18.4. The van der Waals surface area contributed by atoms with Gasteiger partial charge < -0.3 is 10.2 Å². The van der Waals surface area contributed by atoms with Crippen molar-refractivity contribution in [1.82, 2.24) is 20.2 Å². The maximum absolute atomic E-state index is 4.86. The predicted octanol–water partition coefficient (Wildman–Crippen LogP) is 4.30. The number of aliphatic imine (C=N–C) groups is 1. The van der Waals surface area contributed by atoms with Gasteiger partial charge in [0, 0.05) is 42.5 Å². The molecule has 0 unspecified atom stereocenters. The summed E-state index contributed by atoms with van der Waals surface area (Å²) in [6.45, 7) is 6.73. The van der Waals surface area contributed by atoms with Crippen molar-refractivity contribution < 1.29 is 0 Å². The Bertz CT molecular complexity index is 717. The quantitative estimate of drug-likeness (QED) is 0.337. The Kier molecular flexibility index (Phi) is 9.44. The number of aromatic nitrogens is 2. The molecular formula is C19H30IN5S2. The monoisotopic (exact) mass is 519 g/mol. The third-order valence-corrected chi connectivity index (χ3v) is 6.84. The topological polar surface area (TPSA) is 53.4 Å². The first kappa shape index (κ1) is 22.5. The third kappa shape index (κ3) is 6.39. The summed E-state index contributed by atoms with van der Waals surface area (Å²) in [7, 11) is 2.10. The van der Waals surface area contributed by atoms with Gasteiger partial charge in [-0.15, -0.1) is 46.7 Å². The molecule has 0 saturated carbocycles. The number of thiazole rings is 2. The Morgan fingerprint density at radius 1 is 1.22 bits per heavy atom. The highest BCUT2D eigenvalue weighted by Crippen LogP contribution is 2.27. The van der Waals surface area contributed by atoms with Gasteiger partial charge in [0.2, 0.25) is 0 Å². The summed E-state index contributed by atoms with van der Waals surface area (Å²) in [5.41, 5.74) is 1.34. The van der Waals surface area contributed by atoms with E-state index in [1.54, 1.807) is 11.3 Å². The van der Waals surface area contributed by atoms with Crippen LogP contribution in [0.3, 0.4) is 0 Å². The van der Waals surface area contributed by atoms with Gasteiger partial charge in [0.1, 0.15) is 5.01 Å². The molecule has 0 atom stereocenters. The van der Waals surface area contributed by atoms with E-state index in [1.807, 2.05) is 17.5 Å². The van der Waals surface area contributed by atoms with Crippen LogP contribution in [0.5, 0.6) is 0 Å². The van der Waals surface area contributed by atoms with Crippen molar-refractivity contribution in [2.75, 3.05) is 20.1 Å². The molecule has 0 amide bonds. The molecule has 27 heavy (non-hydrogen) atoms. The van der Waals surface area contributed by atoms with Crippen LogP contribution >= 0.6 is 46.7 Å². The molecule has 0 bridgehead atoms. The smallest absolute Gasteiger partial charge is 0.194 e. The summed E-state index contributed by atoms with van der Waals surface area (Å²) in [5, 5.41) is 5.79. The van der Waals surface area contributed by atoms with Crippen LogP contribution in [0.25, 0.3) is 0 Å². The average molecular weight is 520 g/mol. The van der Waals surface area contributed by atoms with Crippen LogP contribution in [0.15, 0.2) is 11.2 Å². The number of nitrogens with zero attached hydrogens (tertiary/aromatic N) is 4. The lowest BCUT2D eigenvalue weighted by atomic mass is 10.0. The third-order valence-electron chi connectivity index (χ3n) is 4.50. The van der Waals surface area contributed by atoms with Gasteiger partial charge in [-0.1, -0.05) is 6.92 Å². The van der Waals surface area contributed by atoms with Gasteiger partial charge in [-0.25, -0.2) is 9.97 Å². The number of guanidine groups is 1. The largest absolute Gasteiger partial charge is 0.357 e. The van der Waals surface area contributed by atoms with Gasteiger partial charge in [-0.3, -0.25) is 4.99 Å².